The van der Waals surface area contributed by atoms with E-state index in [2.05, 4.69) is 10.3 Å². The Balaban J connectivity index is 2.49. The first-order chi connectivity index (χ1) is 9.19. The Hall–Kier alpha value is -1.91. The smallest absolute Gasteiger partial charge is 0.311 e. The Morgan fingerprint density at radius 3 is 2.42 bits per heavy atom. The van der Waals surface area contributed by atoms with Crippen LogP contribution in [0.25, 0.3) is 0 Å². The predicted octanol–water partition coefficient (Wildman–Crippen LogP) is 1.35. The van der Waals surface area contributed by atoms with E-state index in [9.17, 15) is 9.59 Å². The molecule has 0 aliphatic rings. The average Bonchev–Trinajstić information content (AvgIpc) is 2.45. The molecule has 0 spiro atoms. The Bertz CT molecular complexity index is 400. The molecule has 0 unspecified atom stereocenters. The van der Waals surface area contributed by atoms with E-state index in [1.54, 1.807) is 23.2 Å². The number of carbonyl (C=O) groups excluding carboxylic acids is 2. The van der Waals surface area contributed by atoms with Crippen molar-refractivity contribution in [1.82, 2.24) is 15.2 Å². The van der Waals surface area contributed by atoms with Crippen molar-refractivity contribution >= 4 is 11.8 Å². The van der Waals surface area contributed by atoms with Crippen LogP contribution in [0.5, 0.6) is 0 Å². The summed E-state index contributed by atoms with van der Waals surface area (Å²) in [4.78, 5) is 29.4. The second kappa shape index (κ2) is 8.24. The van der Waals surface area contributed by atoms with Gasteiger partial charge in [0.25, 0.3) is 0 Å². The molecule has 0 bridgehead atoms. The van der Waals surface area contributed by atoms with Gasteiger partial charge in [0.2, 0.25) is 0 Å². The van der Waals surface area contributed by atoms with Crippen LogP contribution in [0.15, 0.2) is 24.4 Å². The summed E-state index contributed by atoms with van der Waals surface area (Å²) >= 11 is 0. The summed E-state index contributed by atoms with van der Waals surface area (Å²) in [5, 5.41) is 2.60. The molecule has 1 aromatic heterocycles. The molecule has 5 heteroatoms. The number of nitrogens with one attached hydrogen (secondary N) is 1. The fourth-order valence-electron chi connectivity index (χ4n) is 1.75. The van der Waals surface area contributed by atoms with E-state index in [0.717, 1.165) is 18.5 Å². The second-order valence-corrected chi connectivity index (χ2v) is 4.30. The van der Waals surface area contributed by atoms with Gasteiger partial charge in [0.05, 0.1) is 12.2 Å². The van der Waals surface area contributed by atoms with Gasteiger partial charge in [0, 0.05) is 19.3 Å². The quantitative estimate of drug-likeness (QED) is 0.788. The Morgan fingerprint density at radius 2 is 1.89 bits per heavy atom. The minimum absolute atomic E-state index is 0.275. The molecule has 0 aliphatic carbocycles. The molecule has 2 amide bonds. The molecular weight excluding hydrogens is 242 g/mol. The maximum Gasteiger partial charge on any atom is 0.311 e. The van der Waals surface area contributed by atoms with Crippen LogP contribution in [0.4, 0.5) is 0 Å². The summed E-state index contributed by atoms with van der Waals surface area (Å²) in [7, 11) is 0. The summed E-state index contributed by atoms with van der Waals surface area (Å²) in [5.41, 5.74) is 0.737. The normalized spacial score (nSPS) is 10.0. The molecule has 1 N–H and O–H groups in total. The molecule has 1 heterocycles. The highest BCUT2D eigenvalue weighted by molar-refractivity contribution is 6.34. The first-order valence-corrected chi connectivity index (χ1v) is 6.66. The molecule has 0 fully saturated rings. The minimum Gasteiger partial charge on any atom is -0.342 e. The minimum atomic E-state index is -0.562. The van der Waals surface area contributed by atoms with Crippen LogP contribution < -0.4 is 5.32 Å². The lowest BCUT2D eigenvalue weighted by Crippen LogP contribution is -2.43. The third kappa shape index (κ3) is 5.07. The van der Waals surface area contributed by atoms with Crippen LogP contribution in [0, 0.1) is 0 Å². The van der Waals surface area contributed by atoms with Gasteiger partial charge in [0.1, 0.15) is 0 Å². The molecule has 0 saturated carbocycles. The third-order valence-electron chi connectivity index (χ3n) is 2.62. The number of rotatable bonds is 6. The van der Waals surface area contributed by atoms with Crippen LogP contribution >= 0.6 is 0 Å². The van der Waals surface area contributed by atoms with E-state index in [-0.39, 0.29) is 6.54 Å². The summed E-state index contributed by atoms with van der Waals surface area (Å²) in [6.45, 7) is 5.48. The molecule has 104 valence electrons. The number of hydrogen-bond donors (Lipinski definition) is 1. The van der Waals surface area contributed by atoms with Gasteiger partial charge in [-0.15, -0.1) is 0 Å². The number of carbonyl (C=O) groups is 2. The molecular formula is C14H21N3O2. The Kier molecular flexibility index (Phi) is 6.57. The van der Waals surface area contributed by atoms with Crippen LogP contribution in [-0.2, 0) is 16.1 Å². The molecule has 0 saturated heterocycles. The van der Waals surface area contributed by atoms with Crippen LogP contribution in [0.1, 0.15) is 32.4 Å². The molecule has 0 aromatic carbocycles. The van der Waals surface area contributed by atoms with E-state index in [1.165, 1.54) is 0 Å². The largest absolute Gasteiger partial charge is 0.342 e. The summed E-state index contributed by atoms with van der Waals surface area (Å²) in [6.07, 6.45) is 3.35. The van der Waals surface area contributed by atoms with Crippen molar-refractivity contribution < 1.29 is 9.59 Å². The lowest BCUT2D eigenvalue weighted by atomic mass is 10.3. The van der Waals surface area contributed by atoms with Gasteiger partial charge in [-0.3, -0.25) is 14.6 Å². The topological polar surface area (TPSA) is 62.3 Å². The van der Waals surface area contributed by atoms with E-state index < -0.39 is 11.8 Å². The van der Waals surface area contributed by atoms with Crippen molar-refractivity contribution in [2.75, 3.05) is 13.1 Å². The maximum atomic E-state index is 11.9. The first-order valence-electron chi connectivity index (χ1n) is 6.66. The lowest BCUT2D eigenvalue weighted by Gasteiger charge is -2.20. The second-order valence-electron chi connectivity index (χ2n) is 4.30. The van der Waals surface area contributed by atoms with Crippen molar-refractivity contribution in [3.63, 3.8) is 0 Å². The molecule has 5 nitrogen and oxygen atoms in total. The lowest BCUT2D eigenvalue weighted by molar-refractivity contribution is -0.146. The van der Waals surface area contributed by atoms with Gasteiger partial charge in [0.15, 0.2) is 0 Å². The molecule has 19 heavy (non-hydrogen) atoms. The zero-order valence-electron chi connectivity index (χ0n) is 11.6. The molecule has 0 radical (unpaired) electrons. The summed E-state index contributed by atoms with van der Waals surface area (Å²) in [5.74, 6) is -1.02. The average molecular weight is 263 g/mol. The predicted molar refractivity (Wildman–Crippen MR) is 73.2 cm³/mol. The number of hydrogen-bond acceptors (Lipinski definition) is 3. The van der Waals surface area contributed by atoms with Gasteiger partial charge in [-0.05, 0) is 25.0 Å². The van der Waals surface area contributed by atoms with Crippen molar-refractivity contribution in [1.29, 1.82) is 0 Å². The zero-order chi connectivity index (χ0) is 14.1. The highest BCUT2D eigenvalue weighted by Gasteiger charge is 2.20. The Morgan fingerprint density at radius 1 is 1.21 bits per heavy atom. The molecule has 0 atom stereocenters. The number of amides is 2. The highest BCUT2D eigenvalue weighted by atomic mass is 16.2. The number of nitrogens with zero attached hydrogens (tertiary/aromatic N) is 2. The van der Waals surface area contributed by atoms with Crippen LogP contribution in [-0.4, -0.2) is 34.8 Å². The van der Waals surface area contributed by atoms with E-state index in [0.29, 0.717) is 13.1 Å². The van der Waals surface area contributed by atoms with Gasteiger partial charge in [-0.1, -0.05) is 19.9 Å². The fourth-order valence-corrected chi connectivity index (χ4v) is 1.75. The number of pyridine rings is 1. The maximum absolute atomic E-state index is 11.9. The van der Waals surface area contributed by atoms with E-state index in [1.807, 2.05) is 19.9 Å². The van der Waals surface area contributed by atoms with Crippen molar-refractivity contribution in [2.45, 2.75) is 33.2 Å². The van der Waals surface area contributed by atoms with Crippen molar-refractivity contribution in [3.8, 4) is 0 Å². The summed E-state index contributed by atoms with van der Waals surface area (Å²) in [6, 6.07) is 5.46. The SMILES string of the molecule is CCCN(CCC)C(=O)C(=O)NCc1ccccn1. The Labute approximate surface area is 114 Å². The van der Waals surface area contributed by atoms with Gasteiger partial charge in [-0.25, -0.2) is 0 Å². The zero-order valence-corrected chi connectivity index (χ0v) is 11.6. The van der Waals surface area contributed by atoms with E-state index >= 15 is 0 Å². The highest BCUT2D eigenvalue weighted by Crippen LogP contribution is 1.97. The molecule has 1 rings (SSSR count). The van der Waals surface area contributed by atoms with Crippen molar-refractivity contribution in [3.05, 3.63) is 30.1 Å². The van der Waals surface area contributed by atoms with Gasteiger partial charge >= 0.3 is 11.8 Å². The third-order valence-corrected chi connectivity index (χ3v) is 2.62. The molecule has 0 aliphatic heterocycles. The van der Waals surface area contributed by atoms with Gasteiger partial charge < -0.3 is 10.2 Å². The van der Waals surface area contributed by atoms with Gasteiger partial charge in [-0.2, -0.15) is 0 Å². The fraction of sp³-hybridized carbons (Fsp3) is 0.500. The van der Waals surface area contributed by atoms with Crippen molar-refractivity contribution in [2.24, 2.45) is 0 Å². The van der Waals surface area contributed by atoms with Crippen LogP contribution in [0.2, 0.25) is 0 Å². The standard InChI is InChI=1S/C14H21N3O2/c1-3-9-17(10-4-2)14(19)13(18)16-11-12-7-5-6-8-15-12/h5-8H,3-4,9-11H2,1-2H3,(H,16,18). The molecule has 1 aromatic rings. The van der Waals surface area contributed by atoms with E-state index in [4.69, 9.17) is 0 Å². The summed E-state index contributed by atoms with van der Waals surface area (Å²) < 4.78 is 0. The monoisotopic (exact) mass is 263 g/mol. The first kappa shape index (κ1) is 15.1. The van der Waals surface area contributed by atoms with Crippen LogP contribution in [0.3, 0.4) is 0 Å². The number of aromatic nitrogens is 1.